The Labute approximate surface area is 149 Å². The summed E-state index contributed by atoms with van der Waals surface area (Å²) in [5.41, 5.74) is -0.409. The number of ether oxygens (including phenoxy) is 2. The molecule has 1 aliphatic rings. The van der Waals surface area contributed by atoms with Crippen molar-refractivity contribution in [1.29, 1.82) is 0 Å². The maximum Gasteiger partial charge on any atom is 0.417 e. The van der Waals surface area contributed by atoms with Crippen molar-refractivity contribution in [3.05, 3.63) is 34.3 Å². The van der Waals surface area contributed by atoms with Crippen molar-refractivity contribution in [3.63, 3.8) is 0 Å². The second-order valence-electron chi connectivity index (χ2n) is 6.60. The molecule has 6 nitrogen and oxygen atoms in total. The summed E-state index contributed by atoms with van der Waals surface area (Å²) in [7, 11) is 1.28. The molecular weight excluding hydrogens is 378 g/mol. The summed E-state index contributed by atoms with van der Waals surface area (Å²) in [5.74, 6) is -1.43. The Bertz CT molecular complexity index is 667. The van der Waals surface area contributed by atoms with E-state index in [0.717, 1.165) is 9.37 Å². The van der Waals surface area contributed by atoms with Gasteiger partial charge in [-0.15, -0.1) is 0 Å². The van der Waals surface area contributed by atoms with E-state index >= 15 is 0 Å². The van der Waals surface area contributed by atoms with Gasteiger partial charge >= 0.3 is 12.1 Å². The van der Waals surface area contributed by atoms with Crippen LogP contribution in [0.15, 0.2) is 28.7 Å². The third-order valence-corrected chi connectivity index (χ3v) is 3.97. The van der Waals surface area contributed by atoms with Crippen LogP contribution in [0.25, 0.3) is 0 Å². The maximum absolute atomic E-state index is 12.8. The number of amides is 2. The third-order valence-electron chi connectivity index (χ3n) is 3.47. The van der Waals surface area contributed by atoms with E-state index in [9.17, 15) is 14.4 Å². The van der Waals surface area contributed by atoms with Crippen LogP contribution in [0.5, 0.6) is 0 Å². The van der Waals surface area contributed by atoms with Crippen LogP contribution in [0, 0.1) is 5.92 Å². The van der Waals surface area contributed by atoms with Gasteiger partial charge < -0.3 is 9.47 Å². The molecule has 24 heavy (non-hydrogen) atoms. The Hall–Kier alpha value is -1.89. The van der Waals surface area contributed by atoms with Crippen molar-refractivity contribution in [2.45, 2.75) is 38.8 Å². The van der Waals surface area contributed by atoms with Crippen molar-refractivity contribution in [3.8, 4) is 0 Å². The molecule has 0 bridgehead atoms. The van der Waals surface area contributed by atoms with Gasteiger partial charge in [-0.05, 0) is 45.4 Å². The Kier molecular flexibility index (Phi) is 5.32. The van der Waals surface area contributed by atoms with Crippen LogP contribution in [0.2, 0.25) is 0 Å². The van der Waals surface area contributed by atoms with Crippen molar-refractivity contribution in [1.82, 2.24) is 4.90 Å². The second-order valence-corrected chi connectivity index (χ2v) is 7.51. The van der Waals surface area contributed by atoms with Crippen LogP contribution in [-0.2, 0) is 14.3 Å². The number of benzene rings is 1. The van der Waals surface area contributed by atoms with Gasteiger partial charge in [-0.1, -0.05) is 22.0 Å². The van der Waals surface area contributed by atoms with Crippen molar-refractivity contribution >= 4 is 33.9 Å². The first kappa shape index (κ1) is 18.4. The molecule has 0 N–H and O–H groups in total. The fraction of sp³-hybridized carbons (Fsp3) is 0.471. The van der Waals surface area contributed by atoms with Gasteiger partial charge in [-0.3, -0.25) is 9.59 Å². The van der Waals surface area contributed by atoms with Crippen LogP contribution >= 0.6 is 15.9 Å². The molecule has 0 spiro atoms. The summed E-state index contributed by atoms with van der Waals surface area (Å²) in [5, 5.41) is 0. The van der Waals surface area contributed by atoms with Gasteiger partial charge in [0.05, 0.1) is 19.1 Å². The number of hydrogen-bond acceptors (Lipinski definition) is 5. The SMILES string of the molecule is COC(=O)C1CC1N(C(=O)OC(C)(C)C)C(=O)c1cccc(Br)c1. The van der Waals surface area contributed by atoms with E-state index in [-0.39, 0.29) is 0 Å². The molecule has 1 saturated carbocycles. The predicted octanol–water partition coefficient (Wildman–Crippen LogP) is 3.39. The topological polar surface area (TPSA) is 72.9 Å². The molecule has 7 heteroatoms. The molecule has 1 aromatic carbocycles. The summed E-state index contributed by atoms with van der Waals surface area (Å²) in [6, 6.07) is 6.17. The molecule has 130 valence electrons. The number of imide groups is 1. The number of hydrogen-bond donors (Lipinski definition) is 0. The number of halogens is 1. The monoisotopic (exact) mass is 397 g/mol. The Morgan fingerprint density at radius 3 is 2.46 bits per heavy atom. The summed E-state index contributed by atoms with van der Waals surface area (Å²) in [4.78, 5) is 38.0. The minimum atomic E-state index is -0.760. The quantitative estimate of drug-likeness (QED) is 0.730. The zero-order valence-electron chi connectivity index (χ0n) is 14.0. The molecule has 1 fully saturated rings. The van der Waals surface area contributed by atoms with Crippen molar-refractivity contribution in [2.24, 2.45) is 5.92 Å². The summed E-state index contributed by atoms with van der Waals surface area (Å²) < 4.78 is 10.8. The van der Waals surface area contributed by atoms with Gasteiger partial charge in [0.15, 0.2) is 0 Å². The number of esters is 1. The van der Waals surface area contributed by atoms with Crippen LogP contribution in [-0.4, -0.2) is 41.6 Å². The smallest absolute Gasteiger partial charge is 0.417 e. The highest BCUT2D eigenvalue weighted by Gasteiger charge is 2.53. The normalized spacial score (nSPS) is 19.4. The second kappa shape index (κ2) is 6.93. The molecule has 0 heterocycles. The summed E-state index contributed by atoms with van der Waals surface area (Å²) >= 11 is 3.30. The Balaban J connectivity index is 2.28. The highest BCUT2D eigenvalue weighted by atomic mass is 79.9. The van der Waals surface area contributed by atoms with Crippen LogP contribution in [0.1, 0.15) is 37.6 Å². The van der Waals surface area contributed by atoms with Crippen LogP contribution < -0.4 is 0 Å². The first-order valence-electron chi connectivity index (χ1n) is 7.54. The first-order valence-corrected chi connectivity index (χ1v) is 8.33. The van der Waals surface area contributed by atoms with E-state index in [1.165, 1.54) is 7.11 Å². The van der Waals surface area contributed by atoms with Gasteiger partial charge in [-0.25, -0.2) is 9.69 Å². The lowest BCUT2D eigenvalue weighted by molar-refractivity contribution is -0.142. The molecule has 2 rings (SSSR count). The molecule has 1 aliphatic carbocycles. The molecule has 2 amide bonds. The van der Waals surface area contributed by atoms with E-state index < -0.39 is 35.5 Å². The number of carbonyl (C=O) groups excluding carboxylic acids is 3. The lowest BCUT2D eigenvalue weighted by Crippen LogP contribution is -2.43. The first-order chi connectivity index (χ1) is 11.1. The molecule has 0 saturated heterocycles. The average Bonchev–Trinajstić information content (AvgIpc) is 3.24. The predicted molar refractivity (Wildman–Crippen MR) is 90.5 cm³/mol. The van der Waals surface area contributed by atoms with E-state index in [2.05, 4.69) is 15.9 Å². The highest BCUT2D eigenvalue weighted by Crippen LogP contribution is 2.38. The fourth-order valence-electron chi connectivity index (χ4n) is 2.31. The molecule has 1 aromatic rings. The molecule has 0 aromatic heterocycles. The van der Waals surface area contributed by atoms with Gasteiger partial charge in [0, 0.05) is 10.0 Å². The number of nitrogens with zero attached hydrogens (tertiary/aromatic N) is 1. The van der Waals surface area contributed by atoms with E-state index in [1.807, 2.05) is 0 Å². The Morgan fingerprint density at radius 1 is 1.25 bits per heavy atom. The van der Waals surface area contributed by atoms with E-state index in [0.29, 0.717) is 12.0 Å². The lowest BCUT2D eigenvalue weighted by Gasteiger charge is -2.26. The average molecular weight is 398 g/mol. The van der Waals surface area contributed by atoms with Crippen LogP contribution in [0.4, 0.5) is 4.79 Å². The molecule has 0 aliphatic heterocycles. The van der Waals surface area contributed by atoms with Gasteiger partial charge in [-0.2, -0.15) is 0 Å². The highest BCUT2D eigenvalue weighted by molar-refractivity contribution is 9.10. The van der Waals surface area contributed by atoms with E-state index in [4.69, 9.17) is 9.47 Å². The van der Waals surface area contributed by atoms with E-state index in [1.54, 1.807) is 45.0 Å². The molecule has 2 atom stereocenters. The minimum absolute atomic E-state index is 0.339. The van der Waals surface area contributed by atoms with Gasteiger partial charge in [0.2, 0.25) is 0 Å². The Morgan fingerprint density at radius 2 is 1.92 bits per heavy atom. The summed E-state index contributed by atoms with van der Waals surface area (Å²) in [6.07, 6.45) is -0.380. The fourth-order valence-corrected chi connectivity index (χ4v) is 2.71. The van der Waals surface area contributed by atoms with Gasteiger partial charge in [0.25, 0.3) is 5.91 Å². The molecule has 2 unspecified atom stereocenters. The maximum atomic E-state index is 12.8. The molecular formula is C17H20BrNO5. The van der Waals surface area contributed by atoms with Crippen molar-refractivity contribution in [2.75, 3.05) is 7.11 Å². The lowest BCUT2D eigenvalue weighted by atomic mass is 10.2. The van der Waals surface area contributed by atoms with Crippen LogP contribution in [0.3, 0.4) is 0 Å². The zero-order chi connectivity index (χ0) is 18.1. The number of methoxy groups -OCH3 is 1. The van der Waals surface area contributed by atoms with Crippen molar-refractivity contribution < 1.29 is 23.9 Å². The third kappa shape index (κ3) is 4.35. The zero-order valence-corrected chi connectivity index (χ0v) is 15.6. The molecule has 0 radical (unpaired) electrons. The number of rotatable bonds is 3. The standard InChI is InChI=1S/C17H20BrNO5/c1-17(2,3)24-16(22)19(13-9-12(13)15(21)23-4)14(20)10-6-5-7-11(18)8-10/h5-8,12-13H,9H2,1-4H3. The minimum Gasteiger partial charge on any atom is -0.469 e. The summed E-state index contributed by atoms with van der Waals surface area (Å²) in [6.45, 7) is 5.16. The van der Waals surface area contributed by atoms with Gasteiger partial charge in [0.1, 0.15) is 5.60 Å². The largest absolute Gasteiger partial charge is 0.469 e. The number of carbonyl (C=O) groups is 3.